The maximum atomic E-state index is 11.9. The molecule has 0 saturated carbocycles. The summed E-state index contributed by atoms with van der Waals surface area (Å²) in [5.74, 6) is -0.0754. The third-order valence-electron chi connectivity index (χ3n) is 2.96. The Kier molecular flexibility index (Phi) is 2.91. The third-order valence-corrected chi connectivity index (χ3v) is 2.96. The lowest BCUT2D eigenvalue weighted by Crippen LogP contribution is -2.43. The van der Waals surface area contributed by atoms with Gasteiger partial charge < -0.3 is 10.2 Å². The van der Waals surface area contributed by atoms with Gasteiger partial charge in [-0.1, -0.05) is 5.21 Å². The summed E-state index contributed by atoms with van der Waals surface area (Å²) in [5.41, 5.74) is 0.420. The molecule has 1 aliphatic rings. The predicted molar refractivity (Wildman–Crippen MR) is 59.2 cm³/mol. The number of hydrogen-bond donors (Lipinski definition) is 1. The molecule has 1 saturated heterocycles. The Hall–Kier alpha value is -1.43. The topological polar surface area (TPSA) is 63.1 Å². The van der Waals surface area contributed by atoms with Crippen molar-refractivity contribution in [1.82, 2.24) is 25.2 Å². The lowest BCUT2D eigenvalue weighted by atomic mass is 10.2. The zero-order valence-electron chi connectivity index (χ0n) is 9.84. The van der Waals surface area contributed by atoms with Crippen molar-refractivity contribution < 1.29 is 4.79 Å². The first-order chi connectivity index (χ1) is 7.59. The summed E-state index contributed by atoms with van der Waals surface area (Å²) >= 11 is 0. The number of hydrogen-bond acceptors (Lipinski definition) is 4. The van der Waals surface area contributed by atoms with Gasteiger partial charge in [0, 0.05) is 26.2 Å². The average Bonchev–Trinajstić information content (AvgIpc) is 2.61. The molecule has 0 aromatic carbocycles. The van der Waals surface area contributed by atoms with Gasteiger partial charge in [0.2, 0.25) is 0 Å². The molecule has 2 rings (SSSR count). The Balaban J connectivity index is 2.08. The fourth-order valence-corrected chi connectivity index (χ4v) is 1.43. The molecule has 0 bridgehead atoms. The van der Waals surface area contributed by atoms with Crippen LogP contribution in [0.5, 0.6) is 0 Å². The second-order valence-corrected chi connectivity index (χ2v) is 4.41. The van der Waals surface area contributed by atoms with Crippen LogP contribution in [0.25, 0.3) is 0 Å². The molecule has 1 amide bonds. The number of nitrogens with one attached hydrogen (secondary N) is 1. The van der Waals surface area contributed by atoms with E-state index >= 15 is 0 Å². The van der Waals surface area contributed by atoms with Crippen LogP contribution in [0, 0.1) is 0 Å². The molecule has 0 radical (unpaired) electrons. The summed E-state index contributed by atoms with van der Waals surface area (Å²) in [5, 5.41) is 11.1. The minimum Gasteiger partial charge on any atom is -0.338 e. The second kappa shape index (κ2) is 4.21. The van der Waals surface area contributed by atoms with Crippen molar-refractivity contribution in [3.05, 3.63) is 11.9 Å². The monoisotopic (exact) mass is 223 g/mol. The fourth-order valence-electron chi connectivity index (χ4n) is 1.43. The van der Waals surface area contributed by atoms with E-state index in [9.17, 15) is 4.79 Å². The lowest BCUT2D eigenvalue weighted by molar-refractivity contribution is 0.0749. The minimum absolute atomic E-state index is 0.0754. The Morgan fingerprint density at radius 3 is 2.81 bits per heavy atom. The van der Waals surface area contributed by atoms with Crippen molar-refractivity contribution >= 4 is 5.91 Å². The molecular formula is C10H17N5O. The Morgan fingerprint density at radius 1 is 1.62 bits per heavy atom. The van der Waals surface area contributed by atoms with Crippen LogP contribution < -0.4 is 5.32 Å². The zero-order valence-corrected chi connectivity index (χ0v) is 9.84. The summed E-state index contributed by atoms with van der Waals surface area (Å²) in [7, 11) is 1.77. The van der Waals surface area contributed by atoms with Gasteiger partial charge in [-0.25, -0.2) is 4.68 Å². The Labute approximate surface area is 94.6 Å². The standard InChI is InChI=1S/C10H17N5O/c1-7(2)14(3)10(16)9-6-15(13-12-9)8-4-11-5-8/h6-8,11H,4-5H2,1-3H3. The summed E-state index contributed by atoms with van der Waals surface area (Å²) in [6.45, 7) is 5.74. The van der Waals surface area contributed by atoms with Crippen molar-refractivity contribution in [2.75, 3.05) is 20.1 Å². The highest BCUT2D eigenvalue weighted by molar-refractivity contribution is 5.91. The van der Waals surface area contributed by atoms with Crippen LogP contribution in [0.2, 0.25) is 0 Å². The highest BCUT2D eigenvalue weighted by atomic mass is 16.2. The highest BCUT2D eigenvalue weighted by Crippen LogP contribution is 2.11. The maximum Gasteiger partial charge on any atom is 0.276 e. The summed E-state index contributed by atoms with van der Waals surface area (Å²) in [6.07, 6.45) is 1.73. The van der Waals surface area contributed by atoms with Crippen LogP contribution in [-0.4, -0.2) is 52.0 Å². The molecule has 0 atom stereocenters. The smallest absolute Gasteiger partial charge is 0.276 e. The molecule has 0 aliphatic carbocycles. The van der Waals surface area contributed by atoms with E-state index in [1.54, 1.807) is 22.8 Å². The van der Waals surface area contributed by atoms with Crippen LogP contribution in [0.15, 0.2) is 6.20 Å². The molecule has 6 nitrogen and oxygen atoms in total. The first-order valence-electron chi connectivity index (χ1n) is 5.49. The predicted octanol–water partition coefficient (Wildman–Crippen LogP) is -0.0972. The van der Waals surface area contributed by atoms with Crippen molar-refractivity contribution in [2.45, 2.75) is 25.9 Å². The summed E-state index contributed by atoms with van der Waals surface area (Å²) in [4.78, 5) is 13.6. The molecule has 0 spiro atoms. The van der Waals surface area contributed by atoms with Crippen LogP contribution in [0.4, 0.5) is 0 Å². The van der Waals surface area contributed by atoms with Crippen LogP contribution in [-0.2, 0) is 0 Å². The van der Waals surface area contributed by atoms with Gasteiger partial charge in [-0.3, -0.25) is 4.79 Å². The molecule has 88 valence electrons. The zero-order chi connectivity index (χ0) is 11.7. The van der Waals surface area contributed by atoms with E-state index in [0.717, 1.165) is 13.1 Å². The SMILES string of the molecule is CC(C)N(C)C(=O)c1cn(C2CNC2)nn1. The molecule has 6 heteroatoms. The van der Waals surface area contributed by atoms with E-state index in [0.29, 0.717) is 11.7 Å². The van der Waals surface area contributed by atoms with Crippen LogP contribution in [0.1, 0.15) is 30.4 Å². The minimum atomic E-state index is -0.0754. The number of amides is 1. The van der Waals surface area contributed by atoms with Crippen molar-refractivity contribution in [3.63, 3.8) is 0 Å². The number of nitrogens with zero attached hydrogens (tertiary/aromatic N) is 4. The molecule has 1 aromatic rings. The van der Waals surface area contributed by atoms with Gasteiger partial charge in [-0.05, 0) is 13.8 Å². The first-order valence-corrected chi connectivity index (χ1v) is 5.49. The van der Waals surface area contributed by atoms with Crippen molar-refractivity contribution in [2.24, 2.45) is 0 Å². The number of carbonyl (C=O) groups is 1. The van der Waals surface area contributed by atoms with Gasteiger partial charge in [0.15, 0.2) is 5.69 Å². The summed E-state index contributed by atoms with van der Waals surface area (Å²) in [6, 6.07) is 0.515. The number of aromatic nitrogens is 3. The lowest BCUT2D eigenvalue weighted by Gasteiger charge is -2.26. The van der Waals surface area contributed by atoms with E-state index < -0.39 is 0 Å². The molecule has 1 aliphatic heterocycles. The van der Waals surface area contributed by atoms with Gasteiger partial charge in [0.25, 0.3) is 5.91 Å². The number of carbonyl (C=O) groups excluding carboxylic acids is 1. The molecule has 0 unspecified atom stereocenters. The van der Waals surface area contributed by atoms with E-state index in [1.807, 2.05) is 13.8 Å². The van der Waals surface area contributed by atoms with Gasteiger partial charge in [-0.2, -0.15) is 0 Å². The third kappa shape index (κ3) is 1.92. The molecule has 16 heavy (non-hydrogen) atoms. The van der Waals surface area contributed by atoms with Crippen molar-refractivity contribution in [1.29, 1.82) is 0 Å². The molecule has 2 heterocycles. The Morgan fingerprint density at radius 2 is 2.31 bits per heavy atom. The average molecular weight is 223 g/mol. The molecule has 1 fully saturated rings. The van der Waals surface area contributed by atoms with Crippen LogP contribution in [0.3, 0.4) is 0 Å². The fraction of sp³-hybridized carbons (Fsp3) is 0.700. The van der Waals surface area contributed by atoms with Gasteiger partial charge in [0.05, 0.1) is 12.2 Å². The van der Waals surface area contributed by atoms with Crippen molar-refractivity contribution in [3.8, 4) is 0 Å². The largest absolute Gasteiger partial charge is 0.338 e. The van der Waals surface area contributed by atoms with E-state index in [1.165, 1.54) is 0 Å². The van der Waals surface area contributed by atoms with E-state index in [4.69, 9.17) is 0 Å². The van der Waals surface area contributed by atoms with Gasteiger partial charge in [0.1, 0.15) is 0 Å². The molecule has 1 aromatic heterocycles. The Bertz CT molecular complexity index is 382. The quantitative estimate of drug-likeness (QED) is 0.777. The number of rotatable bonds is 3. The van der Waals surface area contributed by atoms with E-state index in [2.05, 4.69) is 15.6 Å². The van der Waals surface area contributed by atoms with Crippen LogP contribution >= 0.6 is 0 Å². The van der Waals surface area contributed by atoms with Gasteiger partial charge in [-0.15, -0.1) is 5.10 Å². The summed E-state index contributed by atoms with van der Waals surface area (Å²) < 4.78 is 1.76. The highest BCUT2D eigenvalue weighted by Gasteiger charge is 2.23. The maximum absolute atomic E-state index is 11.9. The first kappa shape index (κ1) is 11.1. The van der Waals surface area contributed by atoms with Gasteiger partial charge >= 0.3 is 0 Å². The molecule has 1 N–H and O–H groups in total. The van der Waals surface area contributed by atoms with E-state index in [-0.39, 0.29) is 11.9 Å². The second-order valence-electron chi connectivity index (χ2n) is 4.41. The molecular weight excluding hydrogens is 206 g/mol. The normalized spacial score (nSPS) is 16.2.